The fourth-order valence-corrected chi connectivity index (χ4v) is 2.89. The highest BCUT2D eigenvalue weighted by molar-refractivity contribution is 8.00. The molecule has 3 nitrogen and oxygen atoms in total. The smallest absolute Gasteiger partial charge is 0.319 e. The Balaban J connectivity index is 1.80. The fraction of sp³-hybridized carbons (Fsp3) is 0.316. The highest BCUT2D eigenvalue weighted by Gasteiger charge is 2.10. The van der Waals surface area contributed by atoms with Crippen LogP contribution < -0.4 is 10.6 Å². The molecule has 0 aliphatic heterocycles. The molecule has 0 spiro atoms. The Bertz CT molecular complexity index is 618. The van der Waals surface area contributed by atoms with Gasteiger partial charge in [-0.05, 0) is 23.3 Å². The molecular weight excluding hydrogens is 304 g/mol. The Morgan fingerprint density at radius 3 is 2.17 bits per heavy atom. The van der Waals surface area contributed by atoms with E-state index in [1.54, 1.807) is 0 Å². The zero-order valence-corrected chi connectivity index (χ0v) is 14.7. The van der Waals surface area contributed by atoms with Gasteiger partial charge in [0.2, 0.25) is 0 Å². The second-order valence-corrected chi connectivity index (χ2v) is 8.21. The highest BCUT2D eigenvalue weighted by Crippen LogP contribution is 2.22. The van der Waals surface area contributed by atoms with E-state index in [-0.39, 0.29) is 10.8 Å². The predicted octanol–water partition coefficient (Wildman–Crippen LogP) is 5.01. The lowest BCUT2D eigenvalue weighted by Crippen LogP contribution is -2.31. The number of anilines is 1. The van der Waals surface area contributed by atoms with Crippen molar-refractivity contribution in [3.8, 4) is 11.1 Å². The van der Waals surface area contributed by atoms with Crippen LogP contribution in [0.15, 0.2) is 54.6 Å². The lowest BCUT2D eigenvalue weighted by atomic mass is 10.1. The van der Waals surface area contributed by atoms with Crippen molar-refractivity contribution < 1.29 is 4.79 Å². The summed E-state index contributed by atoms with van der Waals surface area (Å²) in [6, 6.07) is 17.9. The number of urea groups is 1. The number of carbonyl (C=O) groups excluding carboxylic acids is 1. The van der Waals surface area contributed by atoms with Crippen LogP contribution in [0.3, 0.4) is 0 Å². The summed E-state index contributed by atoms with van der Waals surface area (Å²) < 4.78 is 0.228. The van der Waals surface area contributed by atoms with Crippen molar-refractivity contribution in [3.63, 3.8) is 0 Å². The van der Waals surface area contributed by atoms with Gasteiger partial charge in [-0.1, -0.05) is 63.2 Å². The number of nitrogens with one attached hydrogen (secondary N) is 2. The van der Waals surface area contributed by atoms with Crippen molar-refractivity contribution >= 4 is 23.5 Å². The first kappa shape index (κ1) is 17.4. The van der Waals surface area contributed by atoms with E-state index in [0.717, 1.165) is 17.0 Å². The minimum atomic E-state index is -0.160. The van der Waals surface area contributed by atoms with Crippen LogP contribution in [-0.4, -0.2) is 23.1 Å². The fourth-order valence-electron chi connectivity index (χ4n) is 2.07. The average Bonchev–Trinajstić information content (AvgIpc) is 2.52. The molecule has 2 aromatic carbocycles. The Hall–Kier alpha value is -1.94. The Kier molecular flexibility index (Phi) is 6.11. The van der Waals surface area contributed by atoms with Crippen molar-refractivity contribution in [1.82, 2.24) is 5.32 Å². The molecule has 122 valence electrons. The Labute approximate surface area is 142 Å². The third-order valence-corrected chi connectivity index (χ3v) is 4.45. The van der Waals surface area contributed by atoms with Gasteiger partial charge in [0.1, 0.15) is 0 Å². The molecule has 0 heterocycles. The van der Waals surface area contributed by atoms with E-state index in [2.05, 4.69) is 43.5 Å². The number of benzene rings is 2. The summed E-state index contributed by atoms with van der Waals surface area (Å²) in [7, 11) is 0. The number of rotatable bonds is 5. The largest absolute Gasteiger partial charge is 0.337 e. The van der Waals surface area contributed by atoms with E-state index in [1.165, 1.54) is 5.56 Å². The van der Waals surface area contributed by atoms with Crippen LogP contribution in [0.25, 0.3) is 11.1 Å². The molecule has 2 N–H and O–H groups in total. The molecular formula is C19H24N2OS. The van der Waals surface area contributed by atoms with Crippen LogP contribution in [0.5, 0.6) is 0 Å². The van der Waals surface area contributed by atoms with E-state index in [1.807, 2.05) is 54.2 Å². The average molecular weight is 328 g/mol. The highest BCUT2D eigenvalue weighted by atomic mass is 32.2. The molecule has 2 aromatic rings. The summed E-state index contributed by atoms with van der Waals surface area (Å²) in [5.74, 6) is 0.907. The summed E-state index contributed by atoms with van der Waals surface area (Å²) >= 11 is 1.84. The first-order chi connectivity index (χ1) is 10.9. The van der Waals surface area contributed by atoms with E-state index in [9.17, 15) is 4.79 Å². The Morgan fingerprint density at radius 1 is 0.957 bits per heavy atom. The monoisotopic (exact) mass is 328 g/mol. The lowest BCUT2D eigenvalue weighted by molar-refractivity contribution is 0.252. The molecule has 0 radical (unpaired) electrons. The van der Waals surface area contributed by atoms with Gasteiger partial charge in [0.25, 0.3) is 0 Å². The molecule has 2 rings (SSSR count). The number of carbonyl (C=O) groups is 1. The minimum Gasteiger partial charge on any atom is -0.337 e. The third-order valence-electron chi connectivity index (χ3n) is 3.17. The van der Waals surface area contributed by atoms with Gasteiger partial charge in [0, 0.05) is 22.7 Å². The molecule has 0 saturated heterocycles. The van der Waals surface area contributed by atoms with Crippen LogP contribution in [0.1, 0.15) is 20.8 Å². The topological polar surface area (TPSA) is 41.1 Å². The van der Waals surface area contributed by atoms with Crippen molar-refractivity contribution in [1.29, 1.82) is 0 Å². The van der Waals surface area contributed by atoms with Gasteiger partial charge in [-0.25, -0.2) is 4.79 Å². The van der Waals surface area contributed by atoms with E-state index in [0.29, 0.717) is 6.54 Å². The van der Waals surface area contributed by atoms with E-state index in [4.69, 9.17) is 0 Å². The lowest BCUT2D eigenvalue weighted by Gasteiger charge is -2.17. The van der Waals surface area contributed by atoms with Gasteiger partial charge in [0.05, 0.1) is 0 Å². The van der Waals surface area contributed by atoms with Crippen LogP contribution in [0.4, 0.5) is 10.5 Å². The van der Waals surface area contributed by atoms with Gasteiger partial charge in [-0.15, -0.1) is 0 Å². The second-order valence-electron chi connectivity index (χ2n) is 6.29. The van der Waals surface area contributed by atoms with Crippen molar-refractivity contribution in [2.75, 3.05) is 17.6 Å². The molecule has 0 aliphatic rings. The number of hydrogen-bond acceptors (Lipinski definition) is 2. The molecule has 2 amide bonds. The van der Waals surface area contributed by atoms with Gasteiger partial charge in [0.15, 0.2) is 0 Å². The molecule has 0 fully saturated rings. The van der Waals surface area contributed by atoms with Crippen molar-refractivity contribution in [3.05, 3.63) is 54.6 Å². The molecule has 4 heteroatoms. The molecule has 0 saturated carbocycles. The minimum absolute atomic E-state index is 0.160. The first-order valence-corrected chi connectivity index (χ1v) is 8.77. The van der Waals surface area contributed by atoms with Crippen LogP contribution in [0.2, 0.25) is 0 Å². The van der Waals surface area contributed by atoms with Gasteiger partial charge in [-0.3, -0.25) is 0 Å². The summed E-state index contributed by atoms with van der Waals surface area (Å²) in [5, 5.41) is 5.74. The van der Waals surface area contributed by atoms with Gasteiger partial charge < -0.3 is 10.6 Å². The normalized spacial score (nSPS) is 11.1. The van der Waals surface area contributed by atoms with Crippen molar-refractivity contribution in [2.45, 2.75) is 25.5 Å². The number of amides is 2. The summed E-state index contributed by atoms with van der Waals surface area (Å²) in [4.78, 5) is 11.9. The molecule has 0 bridgehead atoms. The third kappa shape index (κ3) is 6.37. The van der Waals surface area contributed by atoms with Crippen LogP contribution in [0, 0.1) is 0 Å². The number of hydrogen-bond donors (Lipinski definition) is 2. The summed E-state index contributed by atoms with van der Waals surface area (Å²) in [6.45, 7) is 7.18. The maximum absolute atomic E-state index is 11.9. The number of thioether (sulfide) groups is 1. The van der Waals surface area contributed by atoms with E-state index >= 15 is 0 Å². The van der Waals surface area contributed by atoms with Crippen LogP contribution >= 0.6 is 11.8 Å². The quantitative estimate of drug-likeness (QED) is 0.758. The summed E-state index contributed by atoms with van der Waals surface area (Å²) in [6.07, 6.45) is 0. The zero-order chi connectivity index (χ0) is 16.7. The van der Waals surface area contributed by atoms with E-state index < -0.39 is 0 Å². The molecule has 0 unspecified atom stereocenters. The van der Waals surface area contributed by atoms with Crippen molar-refractivity contribution in [2.24, 2.45) is 0 Å². The van der Waals surface area contributed by atoms with Crippen LogP contribution in [-0.2, 0) is 0 Å². The molecule has 23 heavy (non-hydrogen) atoms. The molecule has 0 aromatic heterocycles. The SMILES string of the molecule is CC(C)(C)SCCNC(=O)Nc1ccc(-c2ccccc2)cc1. The predicted molar refractivity (Wildman–Crippen MR) is 101 cm³/mol. The molecule has 0 aliphatic carbocycles. The first-order valence-electron chi connectivity index (χ1n) is 7.78. The maximum Gasteiger partial charge on any atom is 0.319 e. The summed E-state index contributed by atoms with van der Waals surface area (Å²) in [5.41, 5.74) is 3.10. The Morgan fingerprint density at radius 2 is 1.57 bits per heavy atom. The van der Waals surface area contributed by atoms with Gasteiger partial charge >= 0.3 is 6.03 Å². The zero-order valence-electron chi connectivity index (χ0n) is 13.9. The second kappa shape index (κ2) is 8.06. The standard InChI is InChI=1S/C19H24N2OS/c1-19(2,3)23-14-13-20-18(22)21-17-11-9-16(10-12-17)15-7-5-4-6-8-15/h4-12H,13-14H2,1-3H3,(H2,20,21,22). The maximum atomic E-state index is 11.9. The molecule has 0 atom stereocenters. The van der Waals surface area contributed by atoms with Gasteiger partial charge in [-0.2, -0.15) is 11.8 Å².